The van der Waals surface area contributed by atoms with Gasteiger partial charge >= 0.3 is 0 Å². The molecule has 0 aromatic rings. The topological polar surface area (TPSA) is 48.3 Å². The molecule has 0 saturated carbocycles. The Bertz CT molecular complexity index is 247. The van der Waals surface area contributed by atoms with Crippen molar-refractivity contribution in [3.63, 3.8) is 0 Å². The quantitative estimate of drug-likeness (QED) is 0.758. The number of hydrogen-bond acceptors (Lipinski definition) is 4. The van der Waals surface area contributed by atoms with Crippen LogP contribution in [0.15, 0.2) is 0 Å². The van der Waals surface area contributed by atoms with Gasteiger partial charge in [0.25, 0.3) is 0 Å². The third-order valence-corrected chi connectivity index (χ3v) is 2.85. The minimum absolute atomic E-state index is 0.0176. The molecule has 1 aliphatic rings. The monoisotopic (exact) mass is 225 g/mol. The van der Waals surface area contributed by atoms with Crippen molar-refractivity contribution in [2.45, 2.75) is 38.8 Å². The Morgan fingerprint density at radius 2 is 2.31 bits per heavy atom. The van der Waals surface area contributed by atoms with Crippen LogP contribution in [-0.4, -0.2) is 49.3 Å². The third-order valence-electron chi connectivity index (χ3n) is 2.85. The van der Waals surface area contributed by atoms with Crippen LogP contribution in [0.4, 0.5) is 0 Å². The minimum Gasteiger partial charge on any atom is -0.373 e. The van der Waals surface area contributed by atoms with E-state index in [-0.39, 0.29) is 11.6 Å². The molecule has 1 fully saturated rings. The Hall–Kier alpha value is -0.630. The maximum atomic E-state index is 8.93. The molecule has 0 aromatic carbocycles. The van der Waals surface area contributed by atoms with Gasteiger partial charge < -0.3 is 10.1 Å². The lowest BCUT2D eigenvalue weighted by Crippen LogP contribution is -2.49. The Kier molecular flexibility index (Phi) is 5.20. The van der Waals surface area contributed by atoms with Crippen molar-refractivity contribution >= 4 is 0 Å². The smallest absolute Gasteiger partial charge is 0.0965 e. The molecule has 0 aliphatic carbocycles. The van der Waals surface area contributed by atoms with Gasteiger partial charge in [-0.1, -0.05) is 6.92 Å². The average molecular weight is 225 g/mol. The lowest BCUT2D eigenvalue weighted by molar-refractivity contribution is -0.0862. The van der Waals surface area contributed by atoms with Crippen LogP contribution in [0.3, 0.4) is 0 Å². The van der Waals surface area contributed by atoms with Crippen LogP contribution in [0, 0.1) is 11.3 Å². The van der Waals surface area contributed by atoms with Gasteiger partial charge in [-0.2, -0.15) is 5.26 Å². The summed E-state index contributed by atoms with van der Waals surface area (Å²) in [4.78, 5) is 2.38. The molecule has 1 rings (SSSR count). The number of nitrogens with zero attached hydrogens (tertiary/aromatic N) is 2. The van der Waals surface area contributed by atoms with Crippen LogP contribution < -0.4 is 5.32 Å². The van der Waals surface area contributed by atoms with Gasteiger partial charge in [0.05, 0.1) is 24.3 Å². The molecule has 1 N–H and O–H groups in total. The van der Waals surface area contributed by atoms with Crippen LogP contribution in [-0.2, 0) is 4.74 Å². The molecule has 0 amide bonds. The predicted molar refractivity (Wildman–Crippen MR) is 64.2 cm³/mol. The summed E-state index contributed by atoms with van der Waals surface area (Å²) in [6.07, 6.45) is 0.889. The van der Waals surface area contributed by atoms with E-state index in [1.165, 1.54) is 0 Å². The van der Waals surface area contributed by atoms with E-state index in [1.54, 1.807) is 0 Å². The molecular formula is C12H23N3O. The summed E-state index contributed by atoms with van der Waals surface area (Å²) < 4.78 is 5.65. The summed E-state index contributed by atoms with van der Waals surface area (Å²) in [6.45, 7) is 10.8. The van der Waals surface area contributed by atoms with Crippen molar-refractivity contribution in [2.75, 3.05) is 32.8 Å². The summed E-state index contributed by atoms with van der Waals surface area (Å²) in [5, 5.41) is 12.1. The maximum absolute atomic E-state index is 8.93. The standard InChI is InChI=1S/C12H23N3O/c1-4-14-11(9-13)5-6-15-7-8-16-12(2,3)10-15/h11,14H,4-8,10H2,1-3H3. The SMILES string of the molecule is CCNC(C#N)CCN1CCOC(C)(C)C1. The van der Waals surface area contributed by atoms with Gasteiger partial charge in [-0.3, -0.25) is 4.90 Å². The first-order chi connectivity index (χ1) is 7.57. The Labute approximate surface area is 98.6 Å². The summed E-state index contributed by atoms with van der Waals surface area (Å²) in [6, 6.07) is 2.28. The zero-order valence-corrected chi connectivity index (χ0v) is 10.6. The third kappa shape index (κ3) is 4.48. The molecular weight excluding hydrogens is 202 g/mol. The lowest BCUT2D eigenvalue weighted by Gasteiger charge is -2.38. The molecule has 92 valence electrons. The Morgan fingerprint density at radius 3 is 2.88 bits per heavy atom. The van der Waals surface area contributed by atoms with Crippen LogP contribution in [0.5, 0.6) is 0 Å². The van der Waals surface area contributed by atoms with Crippen molar-refractivity contribution < 1.29 is 4.74 Å². The van der Waals surface area contributed by atoms with Gasteiger partial charge in [0, 0.05) is 19.6 Å². The highest BCUT2D eigenvalue weighted by Gasteiger charge is 2.27. The number of nitriles is 1. The molecule has 1 unspecified atom stereocenters. The molecule has 16 heavy (non-hydrogen) atoms. The van der Waals surface area contributed by atoms with Gasteiger partial charge in [-0.05, 0) is 26.8 Å². The predicted octanol–water partition coefficient (Wildman–Crippen LogP) is 0.989. The molecule has 4 nitrogen and oxygen atoms in total. The lowest BCUT2D eigenvalue weighted by atomic mass is 10.1. The van der Waals surface area contributed by atoms with E-state index in [0.717, 1.165) is 39.2 Å². The van der Waals surface area contributed by atoms with Crippen molar-refractivity contribution in [1.29, 1.82) is 5.26 Å². The molecule has 4 heteroatoms. The van der Waals surface area contributed by atoms with E-state index in [0.29, 0.717) is 0 Å². The molecule has 1 saturated heterocycles. The second kappa shape index (κ2) is 6.19. The zero-order chi connectivity index (χ0) is 12.0. The van der Waals surface area contributed by atoms with Crippen molar-refractivity contribution in [3.8, 4) is 6.07 Å². The summed E-state index contributed by atoms with van der Waals surface area (Å²) in [7, 11) is 0. The normalized spacial score (nSPS) is 22.6. The molecule has 1 heterocycles. The fourth-order valence-corrected chi connectivity index (χ4v) is 2.08. The Balaban J connectivity index is 2.29. The first-order valence-electron chi connectivity index (χ1n) is 6.06. The molecule has 1 atom stereocenters. The molecule has 0 radical (unpaired) electrons. The maximum Gasteiger partial charge on any atom is 0.0965 e. The fraction of sp³-hybridized carbons (Fsp3) is 0.917. The molecule has 1 aliphatic heterocycles. The van der Waals surface area contributed by atoms with Gasteiger partial charge in [-0.15, -0.1) is 0 Å². The molecule has 0 aromatic heterocycles. The van der Waals surface area contributed by atoms with Crippen LogP contribution in [0.1, 0.15) is 27.2 Å². The zero-order valence-electron chi connectivity index (χ0n) is 10.6. The molecule has 0 spiro atoms. The number of ether oxygens (including phenoxy) is 1. The highest BCUT2D eigenvalue weighted by molar-refractivity contribution is 4.90. The number of rotatable bonds is 5. The second-order valence-corrected chi connectivity index (χ2v) is 4.91. The number of hydrogen-bond donors (Lipinski definition) is 1. The van der Waals surface area contributed by atoms with E-state index in [2.05, 4.69) is 30.1 Å². The van der Waals surface area contributed by atoms with Crippen molar-refractivity contribution in [2.24, 2.45) is 0 Å². The summed E-state index contributed by atoms with van der Waals surface area (Å²) in [5.74, 6) is 0. The van der Waals surface area contributed by atoms with Gasteiger partial charge in [0.1, 0.15) is 0 Å². The van der Waals surface area contributed by atoms with Crippen LogP contribution in [0.25, 0.3) is 0 Å². The van der Waals surface area contributed by atoms with E-state index < -0.39 is 0 Å². The fourth-order valence-electron chi connectivity index (χ4n) is 2.08. The van der Waals surface area contributed by atoms with E-state index in [4.69, 9.17) is 10.00 Å². The van der Waals surface area contributed by atoms with Gasteiger partial charge in [-0.25, -0.2) is 0 Å². The summed E-state index contributed by atoms with van der Waals surface area (Å²) in [5.41, 5.74) is -0.0431. The molecule has 0 bridgehead atoms. The first kappa shape index (κ1) is 13.4. The average Bonchev–Trinajstić information content (AvgIpc) is 2.23. The van der Waals surface area contributed by atoms with Gasteiger partial charge in [0.15, 0.2) is 0 Å². The first-order valence-corrected chi connectivity index (χ1v) is 6.06. The number of nitrogens with one attached hydrogen (secondary N) is 1. The largest absolute Gasteiger partial charge is 0.373 e. The van der Waals surface area contributed by atoms with E-state index in [1.807, 2.05) is 6.92 Å². The van der Waals surface area contributed by atoms with E-state index >= 15 is 0 Å². The minimum atomic E-state index is -0.0431. The van der Waals surface area contributed by atoms with Crippen LogP contribution >= 0.6 is 0 Å². The summed E-state index contributed by atoms with van der Waals surface area (Å²) >= 11 is 0. The second-order valence-electron chi connectivity index (χ2n) is 4.91. The highest BCUT2D eigenvalue weighted by Crippen LogP contribution is 2.16. The van der Waals surface area contributed by atoms with Crippen molar-refractivity contribution in [1.82, 2.24) is 10.2 Å². The number of morpholine rings is 1. The highest BCUT2D eigenvalue weighted by atomic mass is 16.5. The van der Waals surface area contributed by atoms with E-state index in [9.17, 15) is 0 Å². The Morgan fingerprint density at radius 1 is 1.56 bits per heavy atom. The van der Waals surface area contributed by atoms with Crippen molar-refractivity contribution in [3.05, 3.63) is 0 Å². The van der Waals surface area contributed by atoms with Gasteiger partial charge in [0.2, 0.25) is 0 Å². The van der Waals surface area contributed by atoms with Crippen LogP contribution in [0.2, 0.25) is 0 Å².